The van der Waals surface area contributed by atoms with Crippen LogP contribution in [-0.4, -0.2) is 41.2 Å². The normalized spacial score (nSPS) is 11.7. The maximum atomic E-state index is 11.2. The molecule has 0 aliphatic heterocycles. The van der Waals surface area contributed by atoms with Crippen molar-refractivity contribution in [3.63, 3.8) is 0 Å². The lowest BCUT2D eigenvalue weighted by Crippen LogP contribution is -2.45. The standard InChI is InChI=1S/C19H40O5Si/c1-5-21-19(20)17-15-13-11-9-10-12-14-16-18-25(22-6-2,23-7-3)24-8-4/h5-18H2,1-4H3. The van der Waals surface area contributed by atoms with E-state index in [-0.39, 0.29) is 5.97 Å². The Morgan fingerprint density at radius 2 is 1.08 bits per heavy atom. The van der Waals surface area contributed by atoms with Crippen LogP contribution in [0.4, 0.5) is 0 Å². The number of rotatable bonds is 18. The highest BCUT2D eigenvalue weighted by atomic mass is 28.4. The number of hydrogen-bond acceptors (Lipinski definition) is 5. The minimum Gasteiger partial charge on any atom is -0.466 e. The predicted molar refractivity (Wildman–Crippen MR) is 104 cm³/mol. The summed E-state index contributed by atoms with van der Waals surface area (Å²) in [5.41, 5.74) is 0. The lowest BCUT2D eigenvalue weighted by Gasteiger charge is -2.28. The quantitative estimate of drug-likeness (QED) is 0.189. The molecule has 0 radical (unpaired) electrons. The zero-order chi connectivity index (χ0) is 18.8. The number of ether oxygens (including phenoxy) is 1. The van der Waals surface area contributed by atoms with Crippen molar-refractivity contribution in [2.75, 3.05) is 26.4 Å². The zero-order valence-corrected chi connectivity index (χ0v) is 17.9. The third-order valence-corrected chi connectivity index (χ3v) is 7.16. The van der Waals surface area contributed by atoms with E-state index in [4.69, 9.17) is 18.0 Å². The first-order chi connectivity index (χ1) is 12.1. The summed E-state index contributed by atoms with van der Waals surface area (Å²) in [5, 5.41) is 0. The summed E-state index contributed by atoms with van der Waals surface area (Å²) < 4.78 is 22.6. The third-order valence-electron chi connectivity index (χ3n) is 4.01. The van der Waals surface area contributed by atoms with Crippen molar-refractivity contribution >= 4 is 14.8 Å². The van der Waals surface area contributed by atoms with Gasteiger partial charge in [0, 0.05) is 32.3 Å². The van der Waals surface area contributed by atoms with Crippen LogP contribution in [-0.2, 0) is 22.8 Å². The van der Waals surface area contributed by atoms with Gasteiger partial charge >= 0.3 is 14.8 Å². The third kappa shape index (κ3) is 13.4. The summed E-state index contributed by atoms with van der Waals surface area (Å²) in [7, 11) is -2.44. The molecule has 150 valence electrons. The predicted octanol–water partition coefficient (Wildman–Crippen LogP) is 5.11. The Morgan fingerprint density at radius 1 is 0.640 bits per heavy atom. The summed E-state index contributed by atoms with van der Waals surface area (Å²) in [6.07, 6.45) is 9.88. The van der Waals surface area contributed by atoms with Gasteiger partial charge in [-0.3, -0.25) is 4.79 Å². The van der Waals surface area contributed by atoms with Crippen molar-refractivity contribution in [2.24, 2.45) is 0 Å². The highest BCUT2D eigenvalue weighted by Gasteiger charge is 2.39. The minimum atomic E-state index is -2.44. The molecule has 0 aromatic heterocycles. The highest BCUT2D eigenvalue weighted by molar-refractivity contribution is 6.60. The molecule has 0 heterocycles. The van der Waals surface area contributed by atoms with Gasteiger partial charge in [-0.1, -0.05) is 38.5 Å². The molecular weight excluding hydrogens is 336 g/mol. The van der Waals surface area contributed by atoms with Crippen molar-refractivity contribution in [3.05, 3.63) is 0 Å². The molecule has 0 rings (SSSR count). The molecular formula is C19H40O5Si. The lowest BCUT2D eigenvalue weighted by molar-refractivity contribution is -0.143. The van der Waals surface area contributed by atoms with Crippen LogP contribution in [0, 0.1) is 0 Å². The molecule has 25 heavy (non-hydrogen) atoms. The van der Waals surface area contributed by atoms with E-state index in [1.165, 1.54) is 32.1 Å². The summed E-state index contributed by atoms with van der Waals surface area (Å²) in [6, 6.07) is 0.919. The van der Waals surface area contributed by atoms with E-state index in [2.05, 4.69) is 0 Å². The molecule has 6 heteroatoms. The van der Waals surface area contributed by atoms with E-state index in [0.717, 1.165) is 25.3 Å². The van der Waals surface area contributed by atoms with Crippen molar-refractivity contribution in [1.29, 1.82) is 0 Å². The van der Waals surface area contributed by atoms with E-state index < -0.39 is 8.80 Å². The SMILES string of the molecule is CCOC(=O)CCCCCCCCCC[Si](OCC)(OCC)OCC. The molecule has 0 saturated heterocycles. The average Bonchev–Trinajstić information content (AvgIpc) is 2.57. The van der Waals surface area contributed by atoms with Crippen LogP contribution in [0.25, 0.3) is 0 Å². The molecule has 0 saturated carbocycles. The second kappa shape index (κ2) is 17.0. The summed E-state index contributed by atoms with van der Waals surface area (Å²) >= 11 is 0. The average molecular weight is 377 g/mol. The van der Waals surface area contributed by atoms with E-state index in [0.29, 0.717) is 32.8 Å². The Hall–Kier alpha value is -0.433. The molecule has 0 unspecified atom stereocenters. The van der Waals surface area contributed by atoms with Crippen LogP contribution in [0.5, 0.6) is 0 Å². The molecule has 0 aliphatic rings. The second-order valence-electron chi connectivity index (χ2n) is 6.12. The topological polar surface area (TPSA) is 54.0 Å². The Balaban J connectivity index is 3.67. The fourth-order valence-electron chi connectivity index (χ4n) is 2.91. The lowest BCUT2D eigenvalue weighted by atomic mass is 10.1. The zero-order valence-electron chi connectivity index (χ0n) is 16.9. The molecule has 0 amide bonds. The first-order valence-corrected chi connectivity index (χ1v) is 12.1. The Kier molecular flexibility index (Phi) is 16.7. The van der Waals surface area contributed by atoms with Gasteiger partial charge in [-0.25, -0.2) is 0 Å². The molecule has 0 fully saturated rings. The van der Waals surface area contributed by atoms with Crippen molar-refractivity contribution in [3.8, 4) is 0 Å². The van der Waals surface area contributed by atoms with Crippen molar-refractivity contribution in [1.82, 2.24) is 0 Å². The van der Waals surface area contributed by atoms with Gasteiger partial charge in [0.1, 0.15) is 0 Å². The molecule has 0 N–H and O–H groups in total. The summed E-state index contributed by atoms with van der Waals surface area (Å²) in [4.78, 5) is 11.2. The summed E-state index contributed by atoms with van der Waals surface area (Å²) in [5.74, 6) is -0.0620. The van der Waals surface area contributed by atoms with Gasteiger partial charge in [-0.05, 0) is 40.5 Å². The van der Waals surface area contributed by atoms with Gasteiger partial charge < -0.3 is 18.0 Å². The van der Waals surface area contributed by atoms with Crippen molar-refractivity contribution in [2.45, 2.75) is 91.5 Å². The number of hydrogen-bond donors (Lipinski definition) is 0. The fraction of sp³-hybridized carbons (Fsp3) is 0.947. The maximum absolute atomic E-state index is 11.2. The molecule has 0 bridgehead atoms. The number of carbonyl (C=O) groups is 1. The number of carbonyl (C=O) groups excluding carboxylic acids is 1. The molecule has 5 nitrogen and oxygen atoms in total. The Bertz CT molecular complexity index is 295. The van der Waals surface area contributed by atoms with Gasteiger partial charge in [-0.2, -0.15) is 0 Å². The molecule has 0 spiro atoms. The van der Waals surface area contributed by atoms with Crippen LogP contribution in [0.2, 0.25) is 6.04 Å². The Labute approximate surface area is 156 Å². The Morgan fingerprint density at radius 3 is 1.52 bits per heavy atom. The number of unbranched alkanes of at least 4 members (excludes halogenated alkanes) is 7. The van der Waals surface area contributed by atoms with Gasteiger partial charge in [-0.15, -0.1) is 0 Å². The van der Waals surface area contributed by atoms with E-state index in [1.54, 1.807) is 0 Å². The maximum Gasteiger partial charge on any atom is 0.500 e. The molecule has 0 aromatic rings. The van der Waals surface area contributed by atoms with Gasteiger partial charge in [0.05, 0.1) is 6.61 Å². The molecule has 0 atom stereocenters. The molecule has 0 aromatic carbocycles. The van der Waals surface area contributed by atoms with Gasteiger partial charge in [0.25, 0.3) is 0 Å². The van der Waals surface area contributed by atoms with E-state index in [1.807, 2.05) is 27.7 Å². The van der Waals surface area contributed by atoms with Crippen LogP contribution in [0.1, 0.15) is 85.5 Å². The van der Waals surface area contributed by atoms with Crippen LogP contribution in [0.15, 0.2) is 0 Å². The fourth-order valence-corrected chi connectivity index (χ4v) is 5.59. The van der Waals surface area contributed by atoms with Crippen LogP contribution >= 0.6 is 0 Å². The van der Waals surface area contributed by atoms with E-state index >= 15 is 0 Å². The van der Waals surface area contributed by atoms with Gasteiger partial charge in [0.2, 0.25) is 0 Å². The smallest absolute Gasteiger partial charge is 0.466 e. The first kappa shape index (κ1) is 24.6. The van der Waals surface area contributed by atoms with Gasteiger partial charge in [0.15, 0.2) is 0 Å². The first-order valence-electron chi connectivity index (χ1n) is 10.2. The molecule has 0 aliphatic carbocycles. The highest BCUT2D eigenvalue weighted by Crippen LogP contribution is 2.21. The minimum absolute atomic E-state index is 0.0620. The summed E-state index contributed by atoms with van der Waals surface area (Å²) in [6.45, 7) is 10.3. The second-order valence-corrected chi connectivity index (χ2v) is 8.85. The van der Waals surface area contributed by atoms with Crippen LogP contribution in [0.3, 0.4) is 0 Å². The largest absolute Gasteiger partial charge is 0.500 e. The van der Waals surface area contributed by atoms with E-state index in [9.17, 15) is 4.79 Å². The monoisotopic (exact) mass is 376 g/mol. The van der Waals surface area contributed by atoms with Crippen LogP contribution < -0.4 is 0 Å². The number of esters is 1. The van der Waals surface area contributed by atoms with Crippen molar-refractivity contribution < 1.29 is 22.8 Å².